The highest BCUT2D eigenvalue weighted by molar-refractivity contribution is 7.92. The number of nitrogen functional groups attached to an aromatic ring is 1. The van der Waals surface area contributed by atoms with Gasteiger partial charge in [0.2, 0.25) is 10.0 Å². The van der Waals surface area contributed by atoms with Crippen molar-refractivity contribution in [3.8, 4) is 28.8 Å². The molecule has 13 nitrogen and oxygen atoms in total. The molecule has 0 aliphatic heterocycles. The second-order valence-corrected chi connectivity index (χ2v) is 13.6. The summed E-state index contributed by atoms with van der Waals surface area (Å²) in [7, 11) is -3.55. The summed E-state index contributed by atoms with van der Waals surface area (Å²) in [6.45, 7) is 3.59. The topological polar surface area (TPSA) is 188 Å². The minimum atomic E-state index is -3.55. The molecule has 4 aromatic heterocycles. The first-order valence-corrected chi connectivity index (χ1v) is 17.1. The molecule has 0 radical (unpaired) electrons. The number of nitrogens with zero attached hydrogens (tertiary/aromatic N) is 6. The zero-order chi connectivity index (χ0) is 34.0. The first kappa shape index (κ1) is 32.0. The average Bonchev–Trinajstić information content (AvgIpc) is 3.48. The van der Waals surface area contributed by atoms with Crippen LogP contribution in [0, 0.1) is 18.8 Å². The maximum Gasteiger partial charge on any atom is 0.274 e. The minimum absolute atomic E-state index is 0.131. The van der Waals surface area contributed by atoms with E-state index in [1.807, 2.05) is 13.0 Å². The Morgan fingerprint density at radius 3 is 2.52 bits per heavy atom. The zero-order valence-electron chi connectivity index (χ0n) is 25.8. The summed E-state index contributed by atoms with van der Waals surface area (Å²) in [6, 6.07) is 14.9. The Balaban J connectivity index is 1.38. The minimum Gasteiger partial charge on any atom is -0.382 e. The van der Waals surface area contributed by atoms with Crippen LogP contribution < -0.4 is 21.3 Å². The molecule has 6 aromatic rings. The van der Waals surface area contributed by atoms with Crippen LogP contribution in [0.4, 0.5) is 11.5 Å². The van der Waals surface area contributed by atoms with Crippen LogP contribution in [0.3, 0.4) is 0 Å². The number of aromatic nitrogens is 6. The summed E-state index contributed by atoms with van der Waals surface area (Å²) in [4.78, 5) is 50.3. The first-order chi connectivity index (χ1) is 23.0. The average molecular weight is 678 g/mol. The summed E-state index contributed by atoms with van der Waals surface area (Å²) < 4.78 is 27.2. The van der Waals surface area contributed by atoms with Crippen LogP contribution in [0.25, 0.3) is 27.8 Å². The molecule has 0 fully saturated rings. The van der Waals surface area contributed by atoms with Gasteiger partial charge in [0.05, 0.1) is 68.7 Å². The molecule has 15 heteroatoms. The molecule has 2 aromatic carbocycles. The van der Waals surface area contributed by atoms with E-state index >= 15 is 0 Å². The van der Waals surface area contributed by atoms with E-state index < -0.39 is 22.0 Å². The van der Waals surface area contributed by atoms with Crippen LogP contribution in [0.2, 0.25) is 0 Å². The summed E-state index contributed by atoms with van der Waals surface area (Å²) in [5.41, 5.74) is 7.85. The lowest BCUT2D eigenvalue weighted by atomic mass is 10.1. The molecule has 0 aliphatic rings. The van der Waals surface area contributed by atoms with E-state index in [0.717, 1.165) is 16.1 Å². The van der Waals surface area contributed by atoms with Gasteiger partial charge in [-0.25, -0.2) is 28.4 Å². The smallest absolute Gasteiger partial charge is 0.274 e. The van der Waals surface area contributed by atoms with Crippen molar-refractivity contribution in [2.75, 3.05) is 16.7 Å². The fourth-order valence-corrected chi connectivity index (χ4v) is 6.07. The van der Waals surface area contributed by atoms with Crippen molar-refractivity contribution in [1.82, 2.24) is 34.8 Å². The first-order valence-electron chi connectivity index (χ1n) is 14.4. The number of rotatable bonds is 7. The number of nitrogens with one attached hydrogen (secondary N) is 2. The van der Waals surface area contributed by atoms with Crippen molar-refractivity contribution in [2.24, 2.45) is 0 Å². The Morgan fingerprint density at radius 2 is 1.79 bits per heavy atom. The number of thiazole rings is 1. The molecule has 0 saturated heterocycles. The maximum atomic E-state index is 14.3. The Bertz CT molecular complexity index is 2430. The predicted molar refractivity (Wildman–Crippen MR) is 184 cm³/mol. The molecule has 4 N–H and O–H groups in total. The van der Waals surface area contributed by atoms with Gasteiger partial charge in [-0.05, 0) is 50.1 Å². The Hall–Kier alpha value is -5.98. The standard InChI is InChI=1S/C33H27N9O4S2/c1-19(38-32(43)29-30(34)37-18-27(39-29)22-14-23(16-35-15-22)41-48(3,45)46)31-40-26-11-7-8-21(12-13-25-17-36-20(2)47-25)28(26)33(44)42(31)24-9-5-4-6-10-24/h4-11,14-19,41H,1-3H3,(H2,34,37)(H,38,43)/t19-/m0/s1. The monoisotopic (exact) mass is 677 g/mol. The lowest BCUT2D eigenvalue weighted by Crippen LogP contribution is -2.34. The van der Waals surface area contributed by atoms with E-state index in [4.69, 9.17) is 10.7 Å². The van der Waals surface area contributed by atoms with Crippen molar-refractivity contribution < 1.29 is 13.2 Å². The number of benzene rings is 2. The van der Waals surface area contributed by atoms with Gasteiger partial charge in [0, 0.05) is 17.3 Å². The Labute approximate surface area is 279 Å². The van der Waals surface area contributed by atoms with E-state index in [2.05, 4.69) is 41.8 Å². The molecule has 1 amide bonds. The second kappa shape index (κ2) is 13.0. The SMILES string of the molecule is Cc1ncc(C#Cc2cccc3nc([C@H](C)NC(=O)c4nc(-c5cncc(NS(C)(=O)=O)c5)cnc4N)n(-c4ccccc4)c(=O)c23)s1. The zero-order valence-corrected chi connectivity index (χ0v) is 27.4. The van der Waals surface area contributed by atoms with Gasteiger partial charge in [-0.15, -0.1) is 11.3 Å². The molecule has 6 rings (SSSR count). The number of aryl methyl sites for hydroxylation is 1. The number of anilines is 2. The van der Waals surface area contributed by atoms with Gasteiger partial charge in [0.15, 0.2) is 11.5 Å². The van der Waals surface area contributed by atoms with Gasteiger partial charge in [0.25, 0.3) is 11.5 Å². The van der Waals surface area contributed by atoms with Crippen molar-refractivity contribution in [3.05, 3.63) is 117 Å². The molecular formula is C33H27N9O4S2. The van der Waals surface area contributed by atoms with E-state index in [0.29, 0.717) is 27.7 Å². The largest absolute Gasteiger partial charge is 0.382 e. The predicted octanol–water partition coefficient (Wildman–Crippen LogP) is 3.85. The van der Waals surface area contributed by atoms with Gasteiger partial charge in [0.1, 0.15) is 5.82 Å². The highest BCUT2D eigenvalue weighted by Gasteiger charge is 2.23. The molecule has 4 heterocycles. The fourth-order valence-electron chi connectivity index (χ4n) is 4.90. The number of nitrogens with two attached hydrogens (primary N) is 1. The lowest BCUT2D eigenvalue weighted by Gasteiger charge is -2.20. The van der Waals surface area contributed by atoms with Crippen LogP contribution in [0.5, 0.6) is 0 Å². The molecule has 48 heavy (non-hydrogen) atoms. The number of hydrogen-bond acceptors (Lipinski definition) is 11. The van der Waals surface area contributed by atoms with Gasteiger partial charge in [-0.1, -0.05) is 30.2 Å². The fraction of sp³-hybridized carbons (Fsp3) is 0.121. The van der Waals surface area contributed by atoms with E-state index in [9.17, 15) is 18.0 Å². The Kier molecular flexibility index (Phi) is 8.68. The number of carbonyl (C=O) groups excluding carboxylic acids is 1. The van der Waals surface area contributed by atoms with E-state index in [1.54, 1.807) is 55.6 Å². The number of amides is 1. The number of carbonyl (C=O) groups is 1. The summed E-state index contributed by atoms with van der Waals surface area (Å²) >= 11 is 1.46. The van der Waals surface area contributed by atoms with Gasteiger partial charge in [-0.3, -0.25) is 23.9 Å². The number of sulfonamides is 1. The molecule has 1 atom stereocenters. The number of pyridine rings is 1. The molecule has 0 unspecified atom stereocenters. The van der Waals surface area contributed by atoms with Gasteiger partial charge < -0.3 is 11.1 Å². The van der Waals surface area contributed by atoms with Gasteiger partial charge in [-0.2, -0.15) is 0 Å². The van der Waals surface area contributed by atoms with Crippen LogP contribution in [-0.2, 0) is 10.0 Å². The third-order valence-corrected chi connectivity index (χ3v) is 8.40. The van der Waals surface area contributed by atoms with E-state index in [-0.39, 0.29) is 34.3 Å². The molecular weight excluding hydrogens is 651 g/mol. The van der Waals surface area contributed by atoms with E-state index in [1.165, 1.54) is 40.6 Å². The third kappa shape index (κ3) is 6.89. The summed E-state index contributed by atoms with van der Waals surface area (Å²) in [6.07, 6.45) is 6.85. The Morgan fingerprint density at radius 1 is 1.00 bits per heavy atom. The van der Waals surface area contributed by atoms with Crippen LogP contribution >= 0.6 is 11.3 Å². The molecule has 0 bridgehead atoms. The second-order valence-electron chi connectivity index (χ2n) is 10.7. The highest BCUT2D eigenvalue weighted by Crippen LogP contribution is 2.24. The lowest BCUT2D eigenvalue weighted by molar-refractivity contribution is 0.0933. The molecule has 0 aliphatic carbocycles. The van der Waals surface area contributed by atoms with Crippen molar-refractivity contribution in [3.63, 3.8) is 0 Å². The van der Waals surface area contributed by atoms with Crippen LogP contribution in [0.15, 0.2) is 84.2 Å². The molecule has 240 valence electrons. The number of hydrogen-bond donors (Lipinski definition) is 3. The van der Waals surface area contributed by atoms with Crippen LogP contribution in [0.1, 0.15) is 44.7 Å². The number of para-hydroxylation sites is 1. The van der Waals surface area contributed by atoms with Gasteiger partial charge >= 0.3 is 0 Å². The van der Waals surface area contributed by atoms with Crippen molar-refractivity contribution in [2.45, 2.75) is 19.9 Å². The molecule has 0 spiro atoms. The quantitative estimate of drug-likeness (QED) is 0.210. The third-order valence-electron chi connectivity index (χ3n) is 6.97. The summed E-state index contributed by atoms with van der Waals surface area (Å²) in [5.74, 6) is 5.67. The number of fused-ring (bicyclic) bond motifs is 1. The van der Waals surface area contributed by atoms with Crippen molar-refractivity contribution in [1.29, 1.82) is 0 Å². The summed E-state index contributed by atoms with van der Waals surface area (Å²) in [5, 5.41) is 4.08. The normalized spacial score (nSPS) is 11.8. The highest BCUT2D eigenvalue weighted by atomic mass is 32.2. The molecule has 0 saturated carbocycles. The van der Waals surface area contributed by atoms with Crippen molar-refractivity contribution >= 4 is 49.7 Å². The maximum absolute atomic E-state index is 14.3. The van der Waals surface area contributed by atoms with Crippen LogP contribution in [-0.4, -0.2) is 50.1 Å².